The highest BCUT2D eigenvalue weighted by Crippen LogP contribution is 2.27. The first-order valence-electron chi connectivity index (χ1n) is 7.14. The minimum atomic E-state index is -0.0759. The molecule has 0 aromatic heterocycles. The van der Waals surface area contributed by atoms with E-state index < -0.39 is 0 Å². The minimum absolute atomic E-state index is 0.00551. The molecular formula is C16H24N2O2. The lowest BCUT2D eigenvalue weighted by Gasteiger charge is -2.26. The SMILES string of the molecule is CCc1cccc(CC)c1N(CCNC(C)=O)C(C)=O. The number of benzene rings is 1. The number of carbonyl (C=O) groups is 2. The Morgan fingerprint density at radius 3 is 2.05 bits per heavy atom. The maximum absolute atomic E-state index is 12.0. The Labute approximate surface area is 121 Å². The van der Waals surface area contributed by atoms with Crippen molar-refractivity contribution in [2.75, 3.05) is 18.0 Å². The van der Waals surface area contributed by atoms with Crippen LogP contribution in [0.5, 0.6) is 0 Å². The number of hydrogen-bond donors (Lipinski definition) is 1. The number of hydrogen-bond acceptors (Lipinski definition) is 2. The highest BCUT2D eigenvalue weighted by atomic mass is 16.2. The summed E-state index contributed by atoms with van der Waals surface area (Å²) in [7, 11) is 0. The molecule has 0 atom stereocenters. The third-order valence-corrected chi connectivity index (χ3v) is 3.32. The first-order chi connectivity index (χ1) is 9.51. The van der Waals surface area contributed by atoms with Gasteiger partial charge in [0.05, 0.1) is 5.69 Å². The molecule has 0 aliphatic rings. The fourth-order valence-corrected chi connectivity index (χ4v) is 2.33. The Balaban J connectivity index is 3.07. The van der Waals surface area contributed by atoms with E-state index in [2.05, 4.69) is 31.3 Å². The van der Waals surface area contributed by atoms with E-state index >= 15 is 0 Å². The quantitative estimate of drug-likeness (QED) is 0.866. The van der Waals surface area contributed by atoms with Gasteiger partial charge in [-0.3, -0.25) is 9.59 Å². The zero-order valence-electron chi connectivity index (χ0n) is 12.8. The molecule has 2 amide bonds. The van der Waals surface area contributed by atoms with Gasteiger partial charge < -0.3 is 10.2 Å². The molecule has 4 heteroatoms. The average molecular weight is 276 g/mol. The lowest BCUT2D eigenvalue weighted by Crippen LogP contribution is -2.38. The lowest BCUT2D eigenvalue weighted by atomic mass is 10.0. The van der Waals surface area contributed by atoms with Crippen LogP contribution in [-0.4, -0.2) is 24.9 Å². The second kappa shape index (κ2) is 7.68. The van der Waals surface area contributed by atoms with Crippen molar-refractivity contribution in [1.29, 1.82) is 0 Å². The molecule has 0 heterocycles. The van der Waals surface area contributed by atoms with Crippen molar-refractivity contribution in [3.8, 4) is 0 Å². The second-order valence-electron chi connectivity index (χ2n) is 4.79. The van der Waals surface area contributed by atoms with E-state index in [0.717, 1.165) is 18.5 Å². The molecule has 1 aromatic rings. The van der Waals surface area contributed by atoms with Crippen LogP contribution in [0.15, 0.2) is 18.2 Å². The largest absolute Gasteiger partial charge is 0.355 e. The van der Waals surface area contributed by atoms with E-state index in [1.165, 1.54) is 18.1 Å². The van der Waals surface area contributed by atoms with Crippen LogP contribution in [-0.2, 0) is 22.4 Å². The van der Waals surface area contributed by atoms with Crippen molar-refractivity contribution in [3.63, 3.8) is 0 Å². The molecule has 0 saturated carbocycles. The van der Waals surface area contributed by atoms with Crippen molar-refractivity contribution < 1.29 is 9.59 Å². The van der Waals surface area contributed by atoms with Crippen molar-refractivity contribution in [2.24, 2.45) is 0 Å². The Morgan fingerprint density at radius 2 is 1.65 bits per heavy atom. The average Bonchev–Trinajstić information content (AvgIpc) is 2.42. The lowest BCUT2D eigenvalue weighted by molar-refractivity contribution is -0.119. The summed E-state index contributed by atoms with van der Waals surface area (Å²) in [4.78, 5) is 24.7. The highest BCUT2D eigenvalue weighted by Gasteiger charge is 2.17. The maximum atomic E-state index is 12.0. The molecule has 0 spiro atoms. The van der Waals surface area contributed by atoms with Gasteiger partial charge in [0.2, 0.25) is 11.8 Å². The number of aryl methyl sites for hydroxylation is 2. The predicted molar refractivity (Wildman–Crippen MR) is 81.9 cm³/mol. The van der Waals surface area contributed by atoms with Crippen LogP contribution in [0.25, 0.3) is 0 Å². The smallest absolute Gasteiger partial charge is 0.223 e. The van der Waals surface area contributed by atoms with Crippen LogP contribution in [0, 0.1) is 0 Å². The molecular weight excluding hydrogens is 252 g/mol. The fourth-order valence-electron chi connectivity index (χ4n) is 2.33. The van der Waals surface area contributed by atoms with E-state index in [0.29, 0.717) is 13.1 Å². The normalized spacial score (nSPS) is 10.2. The van der Waals surface area contributed by atoms with E-state index in [4.69, 9.17) is 0 Å². The molecule has 0 saturated heterocycles. The van der Waals surface area contributed by atoms with Gasteiger partial charge in [-0.25, -0.2) is 0 Å². The molecule has 0 fully saturated rings. The van der Waals surface area contributed by atoms with Gasteiger partial charge in [-0.1, -0.05) is 32.0 Å². The third kappa shape index (κ3) is 4.08. The molecule has 0 unspecified atom stereocenters. The molecule has 0 bridgehead atoms. The molecule has 20 heavy (non-hydrogen) atoms. The maximum Gasteiger partial charge on any atom is 0.223 e. The van der Waals surface area contributed by atoms with Gasteiger partial charge in [-0.15, -0.1) is 0 Å². The summed E-state index contributed by atoms with van der Waals surface area (Å²) in [5.74, 6) is -0.0704. The molecule has 1 N–H and O–H groups in total. The number of carbonyl (C=O) groups excluding carboxylic acids is 2. The van der Waals surface area contributed by atoms with Crippen LogP contribution in [0.3, 0.4) is 0 Å². The topological polar surface area (TPSA) is 49.4 Å². The van der Waals surface area contributed by atoms with Crippen LogP contribution < -0.4 is 10.2 Å². The molecule has 0 radical (unpaired) electrons. The number of amides is 2. The van der Waals surface area contributed by atoms with Gasteiger partial charge in [0, 0.05) is 26.9 Å². The van der Waals surface area contributed by atoms with Crippen LogP contribution in [0.4, 0.5) is 5.69 Å². The monoisotopic (exact) mass is 276 g/mol. The van der Waals surface area contributed by atoms with Crippen LogP contribution >= 0.6 is 0 Å². The van der Waals surface area contributed by atoms with Crippen molar-refractivity contribution in [3.05, 3.63) is 29.3 Å². The van der Waals surface area contributed by atoms with Crippen LogP contribution in [0.2, 0.25) is 0 Å². The molecule has 4 nitrogen and oxygen atoms in total. The Morgan fingerprint density at radius 1 is 1.10 bits per heavy atom. The molecule has 0 aliphatic carbocycles. The number of para-hydroxylation sites is 1. The van der Waals surface area contributed by atoms with Gasteiger partial charge in [0.25, 0.3) is 0 Å². The van der Waals surface area contributed by atoms with E-state index in [-0.39, 0.29) is 11.8 Å². The summed E-state index contributed by atoms with van der Waals surface area (Å²) in [6.07, 6.45) is 1.76. The highest BCUT2D eigenvalue weighted by molar-refractivity contribution is 5.93. The van der Waals surface area contributed by atoms with Crippen molar-refractivity contribution >= 4 is 17.5 Å². The Kier molecular flexibility index (Phi) is 6.22. The molecule has 110 valence electrons. The number of anilines is 1. The summed E-state index contributed by atoms with van der Waals surface area (Å²) in [6.45, 7) is 8.19. The standard InChI is InChI=1S/C16H24N2O2/c1-5-14-8-7-9-15(6-2)16(14)18(13(4)20)11-10-17-12(3)19/h7-9H,5-6,10-11H2,1-4H3,(H,17,19). The summed E-state index contributed by atoms with van der Waals surface area (Å²) < 4.78 is 0. The van der Waals surface area contributed by atoms with E-state index in [1.807, 2.05) is 6.07 Å². The fraction of sp³-hybridized carbons (Fsp3) is 0.500. The number of nitrogens with zero attached hydrogens (tertiary/aromatic N) is 1. The first kappa shape index (κ1) is 16.2. The van der Waals surface area contributed by atoms with Crippen LogP contribution in [0.1, 0.15) is 38.8 Å². The summed E-state index contributed by atoms with van der Waals surface area (Å²) in [6, 6.07) is 6.15. The second-order valence-corrected chi connectivity index (χ2v) is 4.79. The third-order valence-electron chi connectivity index (χ3n) is 3.32. The minimum Gasteiger partial charge on any atom is -0.355 e. The number of rotatable bonds is 6. The van der Waals surface area contributed by atoms with Gasteiger partial charge in [-0.05, 0) is 24.0 Å². The van der Waals surface area contributed by atoms with Gasteiger partial charge in [0.15, 0.2) is 0 Å². The summed E-state index contributed by atoms with van der Waals surface area (Å²) in [5.41, 5.74) is 3.35. The van der Waals surface area contributed by atoms with Gasteiger partial charge >= 0.3 is 0 Å². The molecule has 0 aliphatic heterocycles. The summed E-state index contributed by atoms with van der Waals surface area (Å²) in [5, 5.41) is 2.74. The Bertz CT molecular complexity index is 461. The first-order valence-corrected chi connectivity index (χ1v) is 7.14. The van der Waals surface area contributed by atoms with E-state index in [1.54, 1.807) is 11.8 Å². The van der Waals surface area contributed by atoms with Gasteiger partial charge in [-0.2, -0.15) is 0 Å². The van der Waals surface area contributed by atoms with Crippen molar-refractivity contribution in [2.45, 2.75) is 40.5 Å². The predicted octanol–water partition coefficient (Wildman–Crippen LogP) is 2.30. The number of nitrogens with one attached hydrogen (secondary N) is 1. The molecule has 1 rings (SSSR count). The molecule has 1 aromatic carbocycles. The zero-order valence-corrected chi connectivity index (χ0v) is 12.8. The van der Waals surface area contributed by atoms with E-state index in [9.17, 15) is 9.59 Å². The van der Waals surface area contributed by atoms with Gasteiger partial charge in [0.1, 0.15) is 0 Å². The Hall–Kier alpha value is -1.84. The zero-order chi connectivity index (χ0) is 15.1. The van der Waals surface area contributed by atoms with Crippen molar-refractivity contribution in [1.82, 2.24) is 5.32 Å². The summed E-state index contributed by atoms with van der Waals surface area (Å²) >= 11 is 0.